The van der Waals surface area contributed by atoms with E-state index < -0.39 is 12.6 Å². The summed E-state index contributed by atoms with van der Waals surface area (Å²) >= 11 is 1.04. The highest BCUT2D eigenvalue weighted by atomic mass is 32.2. The first kappa shape index (κ1) is 12.4. The van der Waals surface area contributed by atoms with Crippen LogP contribution >= 0.6 is 11.8 Å². The lowest BCUT2D eigenvalue weighted by Crippen LogP contribution is -2.08. The lowest BCUT2D eigenvalue weighted by atomic mass is 10.2. The third-order valence-corrected chi connectivity index (χ3v) is 3.34. The van der Waals surface area contributed by atoms with Crippen LogP contribution in [0.5, 0.6) is 0 Å². The lowest BCUT2D eigenvalue weighted by Gasteiger charge is -2.06. The average molecular weight is 235 g/mol. The molecule has 0 unspecified atom stereocenters. The van der Waals surface area contributed by atoms with Crippen LogP contribution in [0.1, 0.15) is 32.1 Å². The maximum absolute atomic E-state index is 11.9. The second-order valence-electron chi connectivity index (χ2n) is 3.47. The van der Waals surface area contributed by atoms with Crippen molar-refractivity contribution in [1.29, 1.82) is 5.26 Å². The standard InChI is InChI=1S/C10H12F3NS/c11-10(12,13)5-6-15-9(7-14)8-3-1-2-4-8/h1-6H2. The summed E-state index contributed by atoms with van der Waals surface area (Å²) in [4.78, 5) is 0.511. The summed E-state index contributed by atoms with van der Waals surface area (Å²) in [5.41, 5.74) is 1.05. The third kappa shape index (κ3) is 4.61. The molecule has 0 radical (unpaired) electrons. The van der Waals surface area contributed by atoms with Gasteiger partial charge >= 0.3 is 6.18 Å². The highest BCUT2D eigenvalue weighted by molar-refractivity contribution is 8.03. The molecule has 1 saturated carbocycles. The minimum Gasteiger partial charge on any atom is -0.192 e. The van der Waals surface area contributed by atoms with Crippen molar-refractivity contribution in [2.45, 2.75) is 38.3 Å². The van der Waals surface area contributed by atoms with Crippen LogP contribution < -0.4 is 0 Å². The van der Waals surface area contributed by atoms with Gasteiger partial charge in [0.25, 0.3) is 0 Å². The van der Waals surface area contributed by atoms with Gasteiger partial charge in [-0.2, -0.15) is 18.4 Å². The van der Waals surface area contributed by atoms with Gasteiger partial charge in [-0.1, -0.05) is 0 Å². The Hall–Kier alpha value is -0.630. The van der Waals surface area contributed by atoms with Gasteiger partial charge in [-0.15, -0.1) is 11.8 Å². The number of halogens is 3. The zero-order valence-corrected chi connectivity index (χ0v) is 9.05. The summed E-state index contributed by atoms with van der Waals surface area (Å²) in [5, 5.41) is 8.81. The molecule has 0 atom stereocenters. The molecule has 0 saturated heterocycles. The molecule has 1 fully saturated rings. The van der Waals surface area contributed by atoms with E-state index in [2.05, 4.69) is 0 Å². The first-order valence-corrected chi connectivity index (χ1v) is 5.83. The third-order valence-electron chi connectivity index (χ3n) is 2.26. The van der Waals surface area contributed by atoms with Gasteiger partial charge < -0.3 is 0 Å². The minimum absolute atomic E-state index is 0.0457. The summed E-state index contributed by atoms with van der Waals surface area (Å²) in [7, 11) is 0. The first-order chi connectivity index (χ1) is 7.03. The molecule has 0 bridgehead atoms. The zero-order valence-electron chi connectivity index (χ0n) is 8.23. The Morgan fingerprint density at radius 3 is 2.40 bits per heavy atom. The van der Waals surface area contributed by atoms with Crippen LogP contribution in [-0.4, -0.2) is 11.9 Å². The molecule has 5 heteroatoms. The number of nitrogens with zero attached hydrogens (tertiary/aromatic N) is 1. The van der Waals surface area contributed by atoms with Crippen LogP contribution in [0.2, 0.25) is 0 Å². The molecule has 1 aliphatic rings. The van der Waals surface area contributed by atoms with E-state index in [1.54, 1.807) is 0 Å². The Morgan fingerprint density at radius 1 is 1.33 bits per heavy atom. The van der Waals surface area contributed by atoms with Gasteiger partial charge in [0.1, 0.15) is 6.07 Å². The van der Waals surface area contributed by atoms with Crippen molar-refractivity contribution in [2.24, 2.45) is 0 Å². The SMILES string of the molecule is N#CC(SCCC(F)(F)F)=C1CCCC1. The molecule has 0 heterocycles. The highest BCUT2D eigenvalue weighted by Crippen LogP contribution is 2.33. The van der Waals surface area contributed by atoms with E-state index in [0.29, 0.717) is 4.91 Å². The second kappa shape index (κ2) is 5.45. The number of hydrogen-bond acceptors (Lipinski definition) is 2. The van der Waals surface area contributed by atoms with Gasteiger partial charge in [-0.25, -0.2) is 0 Å². The van der Waals surface area contributed by atoms with E-state index in [9.17, 15) is 13.2 Å². The van der Waals surface area contributed by atoms with Gasteiger partial charge in [-0.05, 0) is 31.3 Å². The van der Waals surface area contributed by atoms with Crippen molar-refractivity contribution in [2.75, 3.05) is 5.75 Å². The van der Waals surface area contributed by atoms with E-state index in [1.165, 1.54) is 0 Å². The molecule has 0 aliphatic heterocycles. The van der Waals surface area contributed by atoms with E-state index in [4.69, 9.17) is 5.26 Å². The van der Waals surface area contributed by atoms with Gasteiger partial charge in [0, 0.05) is 5.75 Å². The van der Waals surface area contributed by atoms with Gasteiger partial charge in [-0.3, -0.25) is 0 Å². The summed E-state index contributed by atoms with van der Waals surface area (Å²) < 4.78 is 35.6. The van der Waals surface area contributed by atoms with E-state index >= 15 is 0 Å². The Balaban J connectivity index is 2.42. The van der Waals surface area contributed by atoms with Gasteiger partial charge in [0.05, 0.1) is 11.3 Å². The molecular weight excluding hydrogens is 223 g/mol. The quantitative estimate of drug-likeness (QED) is 0.690. The number of thioether (sulfide) groups is 1. The van der Waals surface area contributed by atoms with E-state index in [-0.39, 0.29) is 5.75 Å². The number of rotatable bonds is 3. The van der Waals surface area contributed by atoms with Crippen LogP contribution in [0, 0.1) is 11.3 Å². The Kier molecular flexibility index (Phi) is 4.52. The summed E-state index contributed by atoms with van der Waals surface area (Å²) in [6, 6.07) is 2.01. The molecule has 15 heavy (non-hydrogen) atoms. The predicted molar refractivity (Wildman–Crippen MR) is 54.2 cm³/mol. The monoisotopic (exact) mass is 235 g/mol. The molecule has 0 spiro atoms. The molecule has 0 aromatic rings. The van der Waals surface area contributed by atoms with Crippen molar-refractivity contribution in [1.82, 2.24) is 0 Å². The first-order valence-electron chi connectivity index (χ1n) is 4.84. The topological polar surface area (TPSA) is 23.8 Å². The van der Waals surface area contributed by atoms with Crippen molar-refractivity contribution in [3.05, 3.63) is 10.5 Å². The summed E-state index contributed by atoms with van der Waals surface area (Å²) in [6.07, 6.45) is -1.07. The molecule has 84 valence electrons. The minimum atomic E-state index is -4.12. The van der Waals surface area contributed by atoms with Crippen LogP contribution in [0.15, 0.2) is 10.5 Å². The van der Waals surface area contributed by atoms with Crippen molar-refractivity contribution in [3.63, 3.8) is 0 Å². The molecule has 0 aromatic heterocycles. The Labute approximate surface area is 91.3 Å². The number of allylic oxidation sites excluding steroid dienone is 2. The molecular formula is C10H12F3NS. The maximum Gasteiger partial charge on any atom is 0.389 e. The van der Waals surface area contributed by atoms with Crippen molar-refractivity contribution >= 4 is 11.8 Å². The van der Waals surface area contributed by atoms with Crippen LogP contribution in [0.25, 0.3) is 0 Å². The van der Waals surface area contributed by atoms with Crippen LogP contribution in [0.4, 0.5) is 13.2 Å². The molecule has 0 amide bonds. The molecule has 0 N–H and O–H groups in total. The smallest absolute Gasteiger partial charge is 0.192 e. The predicted octanol–water partition coefficient (Wildman–Crippen LogP) is 4.02. The lowest BCUT2D eigenvalue weighted by molar-refractivity contribution is -0.129. The number of alkyl halides is 3. The molecule has 0 aromatic carbocycles. The van der Waals surface area contributed by atoms with Crippen molar-refractivity contribution < 1.29 is 13.2 Å². The van der Waals surface area contributed by atoms with E-state index in [0.717, 1.165) is 43.0 Å². The van der Waals surface area contributed by atoms with Gasteiger partial charge in [0.15, 0.2) is 0 Å². The fourth-order valence-corrected chi connectivity index (χ4v) is 2.52. The zero-order chi connectivity index (χ0) is 11.3. The Bertz CT molecular complexity index is 280. The normalized spacial score (nSPS) is 16.5. The van der Waals surface area contributed by atoms with E-state index in [1.807, 2.05) is 6.07 Å². The van der Waals surface area contributed by atoms with Gasteiger partial charge in [0.2, 0.25) is 0 Å². The number of hydrogen-bond donors (Lipinski definition) is 0. The highest BCUT2D eigenvalue weighted by Gasteiger charge is 2.26. The fraction of sp³-hybridized carbons (Fsp3) is 0.700. The Morgan fingerprint density at radius 2 is 1.93 bits per heavy atom. The molecule has 1 nitrogen and oxygen atoms in total. The van der Waals surface area contributed by atoms with Crippen LogP contribution in [-0.2, 0) is 0 Å². The number of nitriles is 1. The summed E-state index contributed by atoms with van der Waals surface area (Å²) in [6.45, 7) is 0. The maximum atomic E-state index is 11.9. The van der Waals surface area contributed by atoms with Crippen molar-refractivity contribution in [3.8, 4) is 6.07 Å². The fourth-order valence-electron chi connectivity index (χ4n) is 1.51. The average Bonchev–Trinajstić information content (AvgIpc) is 2.63. The molecule has 1 rings (SSSR count). The van der Waals surface area contributed by atoms with Crippen LogP contribution in [0.3, 0.4) is 0 Å². The largest absolute Gasteiger partial charge is 0.389 e. The summed E-state index contributed by atoms with van der Waals surface area (Å²) in [5.74, 6) is -0.0457. The second-order valence-corrected chi connectivity index (χ2v) is 4.57. The molecule has 1 aliphatic carbocycles.